The Balaban J connectivity index is 1.97. The first kappa shape index (κ1) is 14.0. The van der Waals surface area contributed by atoms with Crippen LogP contribution in [0.15, 0.2) is 18.2 Å². The summed E-state index contributed by atoms with van der Waals surface area (Å²) in [6.07, 6.45) is 6.46. The monoisotopic (exact) mass is 264 g/mol. The number of rotatable bonds is 4. The van der Waals surface area contributed by atoms with Crippen LogP contribution < -0.4 is 15.8 Å². The van der Waals surface area contributed by atoms with Gasteiger partial charge in [0.2, 0.25) is 0 Å². The number of hydrogen-bond acceptors (Lipinski definition) is 4. The molecule has 0 atom stereocenters. The maximum atomic E-state index is 10.6. The van der Waals surface area contributed by atoms with Crippen LogP contribution in [0.4, 0.5) is 11.4 Å². The van der Waals surface area contributed by atoms with Crippen LogP contribution in [0.2, 0.25) is 0 Å². The molecule has 19 heavy (non-hydrogen) atoms. The number of ether oxygens (including phenoxy) is 1. The Morgan fingerprint density at radius 3 is 2.58 bits per heavy atom. The van der Waals surface area contributed by atoms with Crippen molar-refractivity contribution in [2.75, 3.05) is 24.7 Å². The summed E-state index contributed by atoms with van der Waals surface area (Å²) in [5.41, 5.74) is 6.77. The van der Waals surface area contributed by atoms with E-state index in [0.717, 1.165) is 31.4 Å². The van der Waals surface area contributed by atoms with Gasteiger partial charge in [-0.2, -0.15) is 0 Å². The first-order chi connectivity index (χ1) is 9.13. The van der Waals surface area contributed by atoms with Gasteiger partial charge in [-0.1, -0.05) is 25.7 Å². The Hall–Kier alpha value is -1.42. The van der Waals surface area contributed by atoms with Gasteiger partial charge in [0.05, 0.1) is 18.4 Å². The van der Waals surface area contributed by atoms with Gasteiger partial charge in [0.15, 0.2) is 0 Å². The fourth-order valence-corrected chi connectivity index (χ4v) is 2.65. The minimum Gasteiger partial charge on any atom is -0.495 e. The van der Waals surface area contributed by atoms with Crippen molar-refractivity contribution in [1.82, 2.24) is 0 Å². The molecular weight excluding hydrogens is 240 g/mol. The van der Waals surface area contributed by atoms with Gasteiger partial charge in [0.1, 0.15) is 5.75 Å². The van der Waals surface area contributed by atoms with E-state index < -0.39 is 5.60 Å². The van der Waals surface area contributed by atoms with Gasteiger partial charge in [-0.3, -0.25) is 0 Å². The van der Waals surface area contributed by atoms with Gasteiger partial charge in [0.25, 0.3) is 0 Å². The molecule has 1 fully saturated rings. The molecule has 1 aliphatic rings. The summed E-state index contributed by atoms with van der Waals surface area (Å²) in [7, 11) is 1.61. The number of nitrogens with two attached hydrogens (primary N) is 1. The average molecular weight is 264 g/mol. The van der Waals surface area contributed by atoms with Crippen LogP contribution in [0, 0.1) is 0 Å². The van der Waals surface area contributed by atoms with Crippen molar-refractivity contribution < 1.29 is 9.84 Å². The van der Waals surface area contributed by atoms with Crippen molar-refractivity contribution in [3.63, 3.8) is 0 Å². The predicted octanol–water partition coefficient (Wildman–Crippen LogP) is 2.77. The molecule has 1 aromatic carbocycles. The van der Waals surface area contributed by atoms with Gasteiger partial charge in [-0.15, -0.1) is 0 Å². The highest BCUT2D eigenvalue weighted by atomic mass is 16.5. The molecule has 1 aliphatic carbocycles. The average Bonchev–Trinajstić information content (AvgIpc) is 2.63. The summed E-state index contributed by atoms with van der Waals surface area (Å²) < 4.78 is 5.20. The van der Waals surface area contributed by atoms with Crippen LogP contribution in [-0.2, 0) is 0 Å². The molecule has 0 spiro atoms. The van der Waals surface area contributed by atoms with Crippen LogP contribution in [-0.4, -0.2) is 24.4 Å². The largest absolute Gasteiger partial charge is 0.495 e. The second-order valence-corrected chi connectivity index (χ2v) is 5.45. The van der Waals surface area contributed by atoms with Crippen molar-refractivity contribution in [1.29, 1.82) is 0 Å². The molecule has 0 heterocycles. The summed E-state index contributed by atoms with van der Waals surface area (Å²) in [5, 5.41) is 13.9. The molecule has 106 valence electrons. The lowest BCUT2D eigenvalue weighted by Crippen LogP contribution is -2.36. The lowest BCUT2D eigenvalue weighted by atomic mass is 9.94. The molecule has 4 nitrogen and oxygen atoms in total. The van der Waals surface area contributed by atoms with E-state index in [1.807, 2.05) is 18.2 Å². The maximum Gasteiger partial charge on any atom is 0.143 e. The standard InChI is InChI=1S/C15H24N2O2/c1-19-14-10-12(6-7-13(14)16)17-11-15(18)8-4-2-3-5-9-15/h6-7,10,17-18H,2-5,8-9,11,16H2,1H3. The lowest BCUT2D eigenvalue weighted by molar-refractivity contribution is 0.0381. The Bertz CT molecular complexity index is 413. The van der Waals surface area contributed by atoms with Crippen molar-refractivity contribution in [2.24, 2.45) is 0 Å². The molecule has 0 amide bonds. The zero-order valence-electron chi connectivity index (χ0n) is 11.6. The number of methoxy groups -OCH3 is 1. The Kier molecular flexibility index (Phi) is 4.53. The maximum absolute atomic E-state index is 10.6. The van der Waals surface area contributed by atoms with E-state index >= 15 is 0 Å². The summed E-state index contributed by atoms with van der Waals surface area (Å²) in [4.78, 5) is 0. The van der Waals surface area contributed by atoms with E-state index in [0.29, 0.717) is 18.0 Å². The summed E-state index contributed by atoms with van der Waals surface area (Å²) >= 11 is 0. The highest BCUT2D eigenvalue weighted by Gasteiger charge is 2.27. The van der Waals surface area contributed by atoms with E-state index in [1.165, 1.54) is 12.8 Å². The highest BCUT2D eigenvalue weighted by Crippen LogP contribution is 2.29. The van der Waals surface area contributed by atoms with Crippen molar-refractivity contribution in [3.8, 4) is 5.75 Å². The number of anilines is 2. The molecule has 1 saturated carbocycles. The number of nitrogen functional groups attached to an aromatic ring is 1. The second-order valence-electron chi connectivity index (χ2n) is 5.45. The number of hydrogen-bond donors (Lipinski definition) is 3. The van der Waals surface area contributed by atoms with E-state index in [2.05, 4.69) is 5.32 Å². The molecule has 0 aromatic heterocycles. The molecule has 0 aliphatic heterocycles. The number of nitrogens with one attached hydrogen (secondary N) is 1. The molecule has 2 rings (SSSR count). The molecule has 0 radical (unpaired) electrons. The highest BCUT2D eigenvalue weighted by molar-refractivity contribution is 5.61. The van der Waals surface area contributed by atoms with Crippen LogP contribution in [0.3, 0.4) is 0 Å². The minimum atomic E-state index is -0.578. The predicted molar refractivity (Wildman–Crippen MR) is 78.5 cm³/mol. The zero-order valence-corrected chi connectivity index (χ0v) is 11.6. The van der Waals surface area contributed by atoms with Gasteiger partial charge in [0, 0.05) is 18.3 Å². The lowest BCUT2D eigenvalue weighted by Gasteiger charge is -2.27. The number of benzene rings is 1. The molecule has 1 aromatic rings. The van der Waals surface area contributed by atoms with E-state index in [9.17, 15) is 5.11 Å². The molecule has 0 unspecified atom stereocenters. The topological polar surface area (TPSA) is 67.5 Å². The minimum absolute atomic E-state index is 0.578. The van der Waals surface area contributed by atoms with Gasteiger partial charge in [-0.25, -0.2) is 0 Å². The fraction of sp³-hybridized carbons (Fsp3) is 0.600. The van der Waals surface area contributed by atoms with Gasteiger partial charge < -0.3 is 20.9 Å². The second kappa shape index (κ2) is 6.15. The molecule has 4 N–H and O–H groups in total. The summed E-state index contributed by atoms with van der Waals surface area (Å²) in [5.74, 6) is 0.665. The van der Waals surface area contributed by atoms with E-state index in [4.69, 9.17) is 10.5 Å². The smallest absolute Gasteiger partial charge is 0.143 e. The third-order valence-electron chi connectivity index (χ3n) is 3.89. The van der Waals surface area contributed by atoms with Crippen LogP contribution in [0.5, 0.6) is 5.75 Å². The first-order valence-electron chi connectivity index (χ1n) is 7.03. The van der Waals surface area contributed by atoms with Crippen molar-refractivity contribution in [2.45, 2.75) is 44.1 Å². The van der Waals surface area contributed by atoms with Gasteiger partial charge in [-0.05, 0) is 25.0 Å². The summed E-state index contributed by atoms with van der Waals surface area (Å²) in [6, 6.07) is 5.60. The Morgan fingerprint density at radius 2 is 1.95 bits per heavy atom. The Morgan fingerprint density at radius 1 is 1.26 bits per heavy atom. The quantitative estimate of drug-likeness (QED) is 0.578. The molecule has 0 saturated heterocycles. The molecule has 4 heteroatoms. The summed E-state index contributed by atoms with van der Waals surface area (Å²) in [6.45, 7) is 0.583. The van der Waals surface area contributed by atoms with Crippen LogP contribution in [0.1, 0.15) is 38.5 Å². The third-order valence-corrected chi connectivity index (χ3v) is 3.89. The zero-order chi connectivity index (χ0) is 13.7. The van der Waals surface area contributed by atoms with Gasteiger partial charge >= 0.3 is 0 Å². The third kappa shape index (κ3) is 3.77. The Labute approximate surface area is 115 Å². The first-order valence-corrected chi connectivity index (χ1v) is 7.03. The normalized spacial score (nSPS) is 18.6. The fourth-order valence-electron chi connectivity index (χ4n) is 2.65. The van der Waals surface area contributed by atoms with Crippen molar-refractivity contribution in [3.05, 3.63) is 18.2 Å². The van der Waals surface area contributed by atoms with Crippen molar-refractivity contribution >= 4 is 11.4 Å². The SMILES string of the molecule is COc1cc(NCC2(O)CCCCCC2)ccc1N. The van der Waals surface area contributed by atoms with Crippen LogP contribution in [0.25, 0.3) is 0 Å². The number of aliphatic hydroxyl groups is 1. The van der Waals surface area contributed by atoms with Crippen LogP contribution >= 0.6 is 0 Å². The molecule has 0 bridgehead atoms. The molecular formula is C15H24N2O2. The van der Waals surface area contributed by atoms with E-state index in [-0.39, 0.29) is 0 Å². The van der Waals surface area contributed by atoms with E-state index in [1.54, 1.807) is 7.11 Å².